The van der Waals surface area contributed by atoms with Crippen LogP contribution in [0.25, 0.3) is 0 Å². The molecule has 1 amide bonds. The average molecular weight is 321 g/mol. The molecule has 0 bridgehead atoms. The van der Waals surface area contributed by atoms with Gasteiger partial charge in [0.2, 0.25) is 6.54 Å². The Morgan fingerprint density at radius 1 is 0.917 bits per heavy atom. The number of nitrogens with one attached hydrogen (secondary N) is 1. The van der Waals surface area contributed by atoms with E-state index >= 15 is 0 Å². The molecule has 0 saturated carbocycles. The topological polar surface area (TPSA) is 33.0 Å². The highest BCUT2D eigenvalue weighted by Crippen LogP contribution is 2.09. The first-order valence-corrected chi connectivity index (χ1v) is 7.76. The number of hydrogen-bond donors (Lipinski definition) is 1. The van der Waals surface area contributed by atoms with E-state index in [4.69, 9.17) is 0 Å². The standard InChI is InChI=1S/C20H17FN2O/c21-18-7-4-8-19(14-18)22-20(24)15-23-11-9-17(10-12-23)13-16-5-2-1-3-6-16/h1-12,14H,13,15H2/p+1. The first-order chi connectivity index (χ1) is 11.7. The van der Waals surface area contributed by atoms with Crippen LogP contribution >= 0.6 is 0 Å². The van der Waals surface area contributed by atoms with Crippen LogP contribution in [0.1, 0.15) is 11.1 Å². The Bertz CT molecular complexity index is 817. The number of rotatable bonds is 5. The third-order valence-corrected chi connectivity index (χ3v) is 3.65. The van der Waals surface area contributed by atoms with Gasteiger partial charge in [0.05, 0.1) is 0 Å². The van der Waals surface area contributed by atoms with E-state index in [0.29, 0.717) is 5.69 Å². The Balaban J connectivity index is 1.58. The summed E-state index contributed by atoms with van der Waals surface area (Å²) < 4.78 is 14.9. The number of hydrogen-bond acceptors (Lipinski definition) is 1. The molecule has 1 aromatic heterocycles. The highest BCUT2D eigenvalue weighted by atomic mass is 19.1. The van der Waals surface area contributed by atoms with Crippen molar-refractivity contribution < 1.29 is 13.8 Å². The van der Waals surface area contributed by atoms with Crippen LogP contribution in [0.2, 0.25) is 0 Å². The van der Waals surface area contributed by atoms with Gasteiger partial charge in [0.25, 0.3) is 5.91 Å². The molecule has 0 radical (unpaired) electrons. The van der Waals surface area contributed by atoms with Crippen LogP contribution < -0.4 is 9.88 Å². The number of aromatic nitrogens is 1. The van der Waals surface area contributed by atoms with Crippen LogP contribution in [-0.2, 0) is 17.8 Å². The van der Waals surface area contributed by atoms with E-state index in [9.17, 15) is 9.18 Å². The highest BCUT2D eigenvalue weighted by molar-refractivity contribution is 5.89. The van der Waals surface area contributed by atoms with Crippen molar-refractivity contribution in [3.8, 4) is 0 Å². The fraction of sp³-hybridized carbons (Fsp3) is 0.100. The van der Waals surface area contributed by atoms with Gasteiger partial charge in [0.1, 0.15) is 5.82 Å². The van der Waals surface area contributed by atoms with Crippen LogP contribution in [0.5, 0.6) is 0 Å². The molecule has 24 heavy (non-hydrogen) atoms. The molecular weight excluding hydrogens is 303 g/mol. The number of amides is 1. The maximum atomic E-state index is 13.1. The molecule has 0 atom stereocenters. The van der Waals surface area contributed by atoms with Crippen LogP contribution in [0, 0.1) is 5.82 Å². The summed E-state index contributed by atoms with van der Waals surface area (Å²) in [7, 11) is 0. The van der Waals surface area contributed by atoms with Gasteiger partial charge in [-0.05, 0) is 35.7 Å². The van der Waals surface area contributed by atoms with Crippen LogP contribution in [-0.4, -0.2) is 5.91 Å². The summed E-state index contributed by atoms with van der Waals surface area (Å²) in [6.07, 6.45) is 4.62. The minimum Gasteiger partial charge on any atom is -0.320 e. The first kappa shape index (κ1) is 15.9. The number of pyridine rings is 1. The van der Waals surface area contributed by atoms with Crippen molar-refractivity contribution in [3.05, 3.63) is 96.1 Å². The van der Waals surface area contributed by atoms with E-state index in [2.05, 4.69) is 17.4 Å². The molecule has 0 aliphatic rings. The van der Waals surface area contributed by atoms with Gasteiger partial charge < -0.3 is 5.32 Å². The van der Waals surface area contributed by atoms with Crippen molar-refractivity contribution in [2.24, 2.45) is 0 Å². The van der Waals surface area contributed by atoms with Gasteiger partial charge in [0.15, 0.2) is 12.4 Å². The molecule has 0 saturated heterocycles. The summed E-state index contributed by atoms with van der Waals surface area (Å²) >= 11 is 0. The van der Waals surface area contributed by atoms with Crippen molar-refractivity contribution in [1.82, 2.24) is 0 Å². The second-order valence-corrected chi connectivity index (χ2v) is 5.60. The van der Waals surface area contributed by atoms with E-state index < -0.39 is 0 Å². The van der Waals surface area contributed by atoms with Gasteiger partial charge in [-0.2, -0.15) is 4.57 Å². The molecule has 3 rings (SSSR count). The molecule has 0 aliphatic heterocycles. The van der Waals surface area contributed by atoms with Gasteiger partial charge in [-0.1, -0.05) is 36.4 Å². The monoisotopic (exact) mass is 321 g/mol. The molecule has 1 heterocycles. The lowest BCUT2D eigenvalue weighted by Gasteiger charge is -2.04. The minimum atomic E-state index is -0.370. The molecule has 1 N–H and O–H groups in total. The van der Waals surface area contributed by atoms with E-state index in [0.717, 1.165) is 6.42 Å². The molecule has 0 unspecified atom stereocenters. The van der Waals surface area contributed by atoms with Crippen LogP contribution in [0.15, 0.2) is 79.1 Å². The fourth-order valence-corrected chi connectivity index (χ4v) is 2.48. The summed E-state index contributed by atoms with van der Waals surface area (Å²) in [6.45, 7) is 0.183. The molecule has 4 heteroatoms. The van der Waals surface area contributed by atoms with Crippen molar-refractivity contribution in [2.45, 2.75) is 13.0 Å². The van der Waals surface area contributed by atoms with Gasteiger partial charge in [0, 0.05) is 17.8 Å². The maximum Gasteiger partial charge on any atom is 0.290 e. The van der Waals surface area contributed by atoms with Crippen LogP contribution in [0.4, 0.5) is 10.1 Å². The van der Waals surface area contributed by atoms with E-state index in [1.807, 2.05) is 42.7 Å². The largest absolute Gasteiger partial charge is 0.320 e. The minimum absolute atomic E-state index is 0.183. The second-order valence-electron chi connectivity index (χ2n) is 5.60. The van der Waals surface area contributed by atoms with Gasteiger partial charge in [-0.3, -0.25) is 4.79 Å². The van der Waals surface area contributed by atoms with Gasteiger partial charge in [-0.15, -0.1) is 0 Å². The Labute approximate surface area is 140 Å². The van der Waals surface area contributed by atoms with E-state index in [-0.39, 0.29) is 18.3 Å². The Hall–Kier alpha value is -3.01. The Morgan fingerprint density at radius 3 is 2.33 bits per heavy atom. The maximum absolute atomic E-state index is 13.1. The van der Waals surface area contributed by atoms with Crippen molar-refractivity contribution in [1.29, 1.82) is 0 Å². The number of anilines is 1. The first-order valence-electron chi connectivity index (χ1n) is 7.76. The lowest BCUT2D eigenvalue weighted by molar-refractivity contribution is -0.684. The predicted molar refractivity (Wildman–Crippen MR) is 90.9 cm³/mol. The summed E-state index contributed by atoms with van der Waals surface area (Å²) in [5.41, 5.74) is 2.89. The number of carbonyl (C=O) groups is 1. The summed E-state index contributed by atoms with van der Waals surface area (Å²) in [5.74, 6) is -0.563. The molecule has 2 aromatic carbocycles. The van der Waals surface area contributed by atoms with E-state index in [1.54, 1.807) is 16.7 Å². The lowest BCUT2D eigenvalue weighted by Crippen LogP contribution is -2.39. The number of nitrogens with zero attached hydrogens (tertiary/aromatic N) is 1. The number of halogens is 1. The third-order valence-electron chi connectivity index (χ3n) is 3.65. The van der Waals surface area contributed by atoms with E-state index in [1.165, 1.54) is 23.3 Å². The molecule has 3 aromatic rings. The van der Waals surface area contributed by atoms with Gasteiger partial charge >= 0.3 is 0 Å². The van der Waals surface area contributed by atoms with Crippen molar-refractivity contribution >= 4 is 11.6 Å². The molecule has 3 nitrogen and oxygen atoms in total. The van der Waals surface area contributed by atoms with Crippen LogP contribution in [0.3, 0.4) is 0 Å². The summed E-state index contributed by atoms with van der Waals surface area (Å²) in [6, 6.07) is 20.1. The summed E-state index contributed by atoms with van der Waals surface area (Å²) in [5, 5.41) is 2.69. The van der Waals surface area contributed by atoms with Crippen molar-refractivity contribution in [2.75, 3.05) is 5.32 Å². The zero-order valence-corrected chi connectivity index (χ0v) is 13.2. The smallest absolute Gasteiger partial charge is 0.290 e. The molecule has 0 spiro atoms. The lowest BCUT2D eigenvalue weighted by atomic mass is 10.1. The third kappa shape index (κ3) is 4.49. The molecular formula is C20H18FN2O+. The molecule has 0 aliphatic carbocycles. The van der Waals surface area contributed by atoms with Gasteiger partial charge in [-0.25, -0.2) is 4.39 Å². The molecule has 0 fully saturated rings. The SMILES string of the molecule is O=C(C[n+]1ccc(Cc2ccccc2)cc1)Nc1cccc(F)c1. The fourth-order valence-electron chi connectivity index (χ4n) is 2.48. The Kier molecular flexibility index (Phi) is 4.96. The zero-order chi connectivity index (χ0) is 16.8. The quantitative estimate of drug-likeness (QED) is 0.718. The second kappa shape index (κ2) is 7.51. The normalized spacial score (nSPS) is 10.4. The average Bonchev–Trinajstić information content (AvgIpc) is 2.57. The zero-order valence-electron chi connectivity index (χ0n) is 13.2. The van der Waals surface area contributed by atoms with Crippen molar-refractivity contribution in [3.63, 3.8) is 0 Å². The highest BCUT2D eigenvalue weighted by Gasteiger charge is 2.10. The summed E-state index contributed by atoms with van der Waals surface area (Å²) in [4.78, 5) is 12.0. The molecule has 120 valence electrons. The Morgan fingerprint density at radius 2 is 1.62 bits per heavy atom. The predicted octanol–water partition coefficient (Wildman–Crippen LogP) is 3.34. The number of carbonyl (C=O) groups excluding carboxylic acids is 1. The number of benzene rings is 2.